The average molecular weight is 440 g/mol. The average Bonchev–Trinajstić information content (AvgIpc) is 2.71. The second-order valence-corrected chi connectivity index (χ2v) is 9.47. The number of hydrogen-bond acceptors (Lipinski definition) is 5. The van der Waals surface area contributed by atoms with Crippen LogP contribution in [0.15, 0.2) is 5.11 Å². The van der Waals surface area contributed by atoms with E-state index < -0.39 is 23.7 Å². The van der Waals surface area contributed by atoms with E-state index in [0.717, 1.165) is 12.1 Å². The number of carbonyl (C=O) groups is 2. The molecule has 2 aliphatic carbocycles. The number of aliphatic carboxylic acids is 1. The lowest BCUT2D eigenvalue weighted by Gasteiger charge is -2.30. The fourth-order valence-electron chi connectivity index (χ4n) is 3.99. The zero-order valence-corrected chi connectivity index (χ0v) is 19.4. The molecule has 0 bridgehead atoms. The van der Waals surface area contributed by atoms with Crippen molar-refractivity contribution in [2.45, 2.75) is 122 Å². The van der Waals surface area contributed by atoms with Gasteiger partial charge in [0.25, 0.3) is 0 Å². The van der Waals surface area contributed by atoms with Crippen LogP contribution < -0.4 is 10.6 Å². The Morgan fingerprint density at radius 3 is 2.00 bits per heavy atom. The number of carboxylic acids is 1. The first kappa shape index (κ1) is 27.0. The molecule has 1 atom stereocenters. The van der Waals surface area contributed by atoms with Crippen LogP contribution in [-0.2, 0) is 9.53 Å². The van der Waals surface area contributed by atoms with Crippen LogP contribution in [-0.4, -0.2) is 47.4 Å². The van der Waals surface area contributed by atoms with E-state index in [2.05, 4.69) is 20.7 Å². The molecule has 2 saturated carbocycles. The summed E-state index contributed by atoms with van der Waals surface area (Å²) in [5.41, 5.74) is 7.38. The monoisotopic (exact) mass is 439 g/mol. The Morgan fingerprint density at radius 2 is 1.58 bits per heavy atom. The molecule has 3 N–H and O–H groups in total. The van der Waals surface area contributed by atoms with Gasteiger partial charge in [0.15, 0.2) is 0 Å². The molecule has 0 aliphatic heterocycles. The lowest BCUT2D eigenvalue weighted by molar-refractivity contribution is -0.139. The first-order valence-corrected chi connectivity index (χ1v) is 11.7. The minimum atomic E-state index is -1.15. The molecular weight excluding hydrogens is 398 g/mol. The highest BCUT2D eigenvalue weighted by atomic mass is 16.6. The van der Waals surface area contributed by atoms with E-state index in [-0.39, 0.29) is 13.0 Å². The fraction of sp³-hybridized carbons (Fsp3) is 0.909. The maximum atomic E-state index is 11.4. The van der Waals surface area contributed by atoms with Gasteiger partial charge in [0.1, 0.15) is 11.6 Å². The van der Waals surface area contributed by atoms with Gasteiger partial charge in [-0.2, -0.15) is 0 Å². The lowest BCUT2D eigenvalue weighted by atomic mass is 9.91. The molecule has 2 rings (SSSR count). The maximum absolute atomic E-state index is 11.4. The quantitative estimate of drug-likeness (QED) is 0.204. The largest absolute Gasteiger partial charge is 0.480 e. The third-order valence-electron chi connectivity index (χ3n) is 5.48. The Labute approximate surface area is 186 Å². The first-order chi connectivity index (χ1) is 14.7. The fourth-order valence-corrected chi connectivity index (χ4v) is 3.99. The van der Waals surface area contributed by atoms with E-state index in [4.69, 9.17) is 15.4 Å². The van der Waals surface area contributed by atoms with E-state index in [1.54, 1.807) is 20.8 Å². The summed E-state index contributed by atoms with van der Waals surface area (Å²) in [6.45, 7) is 5.24. The Kier molecular flexibility index (Phi) is 13.0. The van der Waals surface area contributed by atoms with Crippen LogP contribution in [0.2, 0.25) is 0 Å². The first-order valence-electron chi connectivity index (χ1n) is 11.7. The third-order valence-corrected chi connectivity index (χ3v) is 5.48. The smallest absolute Gasteiger partial charge is 0.408 e. The summed E-state index contributed by atoms with van der Waals surface area (Å²) in [6, 6.07) is 0.697. The van der Waals surface area contributed by atoms with E-state index in [1.165, 1.54) is 64.2 Å². The third kappa shape index (κ3) is 13.8. The summed E-state index contributed by atoms with van der Waals surface area (Å²) in [4.78, 5) is 24.8. The van der Waals surface area contributed by atoms with Crippen molar-refractivity contribution < 1.29 is 19.4 Å². The van der Waals surface area contributed by atoms with Gasteiger partial charge in [0.05, 0.1) is 0 Å². The molecule has 0 heterocycles. The molecule has 9 nitrogen and oxygen atoms in total. The number of amides is 1. The van der Waals surface area contributed by atoms with Crippen molar-refractivity contribution >= 4 is 12.1 Å². The topological polar surface area (TPSA) is 136 Å². The normalized spacial score (nSPS) is 18.7. The molecule has 0 spiro atoms. The zero-order chi connectivity index (χ0) is 23.1. The van der Waals surface area contributed by atoms with Gasteiger partial charge in [0.2, 0.25) is 0 Å². The molecule has 2 fully saturated rings. The number of ether oxygens (including phenoxy) is 1. The van der Waals surface area contributed by atoms with Gasteiger partial charge in [-0.05, 0) is 64.8 Å². The van der Waals surface area contributed by atoms with Crippen LogP contribution in [0.1, 0.15) is 97.8 Å². The number of alkyl carbamates (subject to hydrolysis) is 1. The molecule has 9 heteroatoms. The van der Waals surface area contributed by atoms with Crippen LogP contribution in [0.5, 0.6) is 0 Å². The predicted octanol–water partition coefficient (Wildman–Crippen LogP) is 5.30. The maximum Gasteiger partial charge on any atom is 0.408 e. The number of carbonyl (C=O) groups excluding carboxylic acids is 1. The number of hydrogen-bond donors (Lipinski definition) is 3. The second kappa shape index (κ2) is 14.9. The van der Waals surface area contributed by atoms with Crippen molar-refractivity contribution in [2.24, 2.45) is 5.11 Å². The Hall–Kier alpha value is -1.99. The van der Waals surface area contributed by atoms with Crippen LogP contribution >= 0.6 is 0 Å². The van der Waals surface area contributed by atoms with Gasteiger partial charge in [-0.1, -0.05) is 43.6 Å². The number of rotatable bonds is 8. The molecule has 0 unspecified atom stereocenters. The van der Waals surface area contributed by atoms with Gasteiger partial charge in [-0.3, -0.25) is 0 Å². The number of azide groups is 1. The number of carboxylic acid groups (broad SMARTS) is 1. The van der Waals surface area contributed by atoms with Crippen molar-refractivity contribution in [3.63, 3.8) is 0 Å². The van der Waals surface area contributed by atoms with Gasteiger partial charge >= 0.3 is 12.1 Å². The molecule has 2 aliphatic rings. The van der Waals surface area contributed by atoms with Crippen molar-refractivity contribution in [1.82, 2.24) is 10.6 Å². The number of nitrogens with one attached hydrogen (secondary N) is 2. The molecule has 178 valence electrons. The SMILES string of the molecule is C1CCC(NC2CCCCC2)CC1.CC(C)(C)OC(=O)N[C@@H](CCCN=[N+]=[N-])C(=O)O. The highest BCUT2D eigenvalue weighted by Gasteiger charge is 2.23. The van der Waals surface area contributed by atoms with E-state index in [9.17, 15) is 9.59 Å². The van der Waals surface area contributed by atoms with E-state index in [1.807, 2.05) is 0 Å². The summed E-state index contributed by atoms with van der Waals surface area (Å²) >= 11 is 0. The number of nitrogens with zero attached hydrogens (tertiary/aromatic N) is 3. The molecule has 0 aromatic carbocycles. The highest BCUT2D eigenvalue weighted by Crippen LogP contribution is 2.22. The zero-order valence-electron chi connectivity index (χ0n) is 19.4. The molecular formula is C22H41N5O4. The summed E-state index contributed by atoms with van der Waals surface area (Å²) in [5.74, 6) is -1.15. The van der Waals surface area contributed by atoms with Crippen LogP contribution in [0, 0.1) is 0 Å². The van der Waals surface area contributed by atoms with Gasteiger partial charge in [-0.25, -0.2) is 9.59 Å². The molecule has 0 radical (unpaired) electrons. The van der Waals surface area contributed by atoms with Gasteiger partial charge in [0, 0.05) is 23.5 Å². The van der Waals surface area contributed by atoms with E-state index in [0.29, 0.717) is 6.42 Å². The van der Waals surface area contributed by atoms with Crippen molar-refractivity contribution in [2.75, 3.05) is 6.54 Å². The standard InChI is InChI=1S/C12H23N.C10H18N4O4/c1-3-7-11(8-4-1)13-12-9-5-2-6-10-12;1-10(2,3)18-9(17)13-7(8(15)16)5-4-6-12-14-11/h11-13H,1-10H2;7H,4-6H2,1-3H3,(H,13,17)(H,15,16)/t;7-/m.0/s1. The highest BCUT2D eigenvalue weighted by molar-refractivity contribution is 5.79. The van der Waals surface area contributed by atoms with Crippen LogP contribution in [0.25, 0.3) is 10.4 Å². The predicted molar refractivity (Wildman–Crippen MR) is 121 cm³/mol. The summed E-state index contributed by atoms with van der Waals surface area (Å²) < 4.78 is 4.95. The lowest BCUT2D eigenvalue weighted by Crippen LogP contribution is -2.43. The molecule has 0 aromatic rings. The molecule has 0 aromatic heterocycles. The van der Waals surface area contributed by atoms with Crippen molar-refractivity contribution in [3.05, 3.63) is 10.4 Å². The van der Waals surface area contributed by atoms with Crippen LogP contribution in [0.4, 0.5) is 4.79 Å². The Balaban J connectivity index is 0.000000323. The van der Waals surface area contributed by atoms with Crippen molar-refractivity contribution in [3.8, 4) is 0 Å². The Morgan fingerprint density at radius 1 is 1.06 bits per heavy atom. The second-order valence-electron chi connectivity index (χ2n) is 9.47. The minimum Gasteiger partial charge on any atom is -0.480 e. The van der Waals surface area contributed by atoms with E-state index >= 15 is 0 Å². The van der Waals surface area contributed by atoms with Crippen LogP contribution in [0.3, 0.4) is 0 Å². The van der Waals surface area contributed by atoms with Gasteiger partial charge < -0.3 is 20.5 Å². The summed E-state index contributed by atoms with van der Waals surface area (Å²) in [7, 11) is 0. The molecule has 0 saturated heterocycles. The van der Waals surface area contributed by atoms with Gasteiger partial charge in [-0.15, -0.1) is 0 Å². The van der Waals surface area contributed by atoms with Crippen molar-refractivity contribution in [1.29, 1.82) is 0 Å². The minimum absolute atomic E-state index is 0.174. The Bertz CT molecular complexity index is 559. The molecule has 1 amide bonds. The summed E-state index contributed by atoms with van der Waals surface area (Å²) in [6.07, 6.45) is 14.3. The molecule has 31 heavy (non-hydrogen) atoms. The summed E-state index contributed by atoms with van der Waals surface area (Å²) in [5, 5.41) is 18.3.